The average Bonchev–Trinajstić information content (AvgIpc) is 3.09. The Balaban J connectivity index is 1.68. The molecule has 168 valence electrons. The number of fused-ring (bicyclic) bond motifs is 1. The van der Waals surface area contributed by atoms with Gasteiger partial charge >= 0.3 is 0 Å². The van der Waals surface area contributed by atoms with E-state index in [-0.39, 0.29) is 25.5 Å². The predicted octanol–water partition coefficient (Wildman–Crippen LogP) is 3.00. The molecule has 0 atom stereocenters. The number of halogens is 2. The van der Waals surface area contributed by atoms with Gasteiger partial charge in [-0.15, -0.1) is 0 Å². The van der Waals surface area contributed by atoms with Crippen LogP contribution < -0.4 is 4.90 Å². The SMILES string of the molecule is CC(=O)N(Cc1nn(C)c2c1CN(S(=O)(=O)c1cc(F)ccc1F)CC2)c1ccccc1. The summed E-state index contributed by atoms with van der Waals surface area (Å²) in [7, 11) is -2.50. The van der Waals surface area contributed by atoms with Crippen LogP contribution in [0.25, 0.3) is 0 Å². The zero-order valence-corrected chi connectivity index (χ0v) is 18.4. The highest BCUT2D eigenvalue weighted by atomic mass is 32.2. The van der Waals surface area contributed by atoms with Crippen LogP contribution in [0.4, 0.5) is 14.5 Å². The van der Waals surface area contributed by atoms with Gasteiger partial charge in [0, 0.05) is 50.4 Å². The molecule has 0 fully saturated rings. The van der Waals surface area contributed by atoms with Crippen molar-refractivity contribution in [2.75, 3.05) is 11.4 Å². The summed E-state index contributed by atoms with van der Waals surface area (Å²) in [5, 5.41) is 4.53. The van der Waals surface area contributed by atoms with Crippen molar-refractivity contribution in [2.24, 2.45) is 7.05 Å². The molecule has 0 saturated heterocycles. The number of anilines is 1. The third-order valence-corrected chi connectivity index (χ3v) is 7.42. The van der Waals surface area contributed by atoms with E-state index in [1.807, 2.05) is 18.2 Å². The van der Waals surface area contributed by atoms with Crippen LogP contribution in [-0.2, 0) is 41.4 Å². The van der Waals surface area contributed by atoms with E-state index in [0.29, 0.717) is 29.4 Å². The number of hydrogen-bond acceptors (Lipinski definition) is 4. The molecule has 3 aromatic rings. The Hall–Kier alpha value is -3.11. The van der Waals surface area contributed by atoms with E-state index in [1.54, 1.807) is 28.8 Å². The Kier molecular flexibility index (Phi) is 5.83. The summed E-state index contributed by atoms with van der Waals surface area (Å²) in [5.74, 6) is -2.02. The van der Waals surface area contributed by atoms with E-state index in [0.717, 1.165) is 22.1 Å². The molecule has 4 rings (SSSR count). The van der Waals surface area contributed by atoms with Crippen LogP contribution in [0.5, 0.6) is 0 Å². The lowest BCUT2D eigenvalue weighted by Crippen LogP contribution is -2.37. The first-order valence-corrected chi connectivity index (χ1v) is 11.4. The number of amides is 1. The molecule has 1 amide bonds. The van der Waals surface area contributed by atoms with Gasteiger partial charge in [-0.05, 0) is 30.3 Å². The molecular weight excluding hydrogens is 438 g/mol. The summed E-state index contributed by atoms with van der Waals surface area (Å²) >= 11 is 0. The standard InChI is InChI=1S/C22H22F2N4O3S/c1-15(29)28(17-6-4-3-5-7-17)14-20-18-13-27(11-10-21(18)26(2)25-20)32(30,31)22-12-16(23)8-9-19(22)24/h3-9,12H,10-11,13-14H2,1-2H3. The molecule has 1 aromatic heterocycles. The average molecular weight is 461 g/mol. The maximum absolute atomic E-state index is 14.2. The lowest BCUT2D eigenvalue weighted by atomic mass is 10.1. The molecule has 2 heterocycles. The predicted molar refractivity (Wildman–Crippen MR) is 114 cm³/mol. The molecule has 0 aliphatic carbocycles. The van der Waals surface area contributed by atoms with Gasteiger partial charge in [0.2, 0.25) is 15.9 Å². The zero-order chi connectivity index (χ0) is 23.0. The molecule has 2 aromatic carbocycles. The Morgan fingerprint density at radius 3 is 2.56 bits per heavy atom. The van der Waals surface area contributed by atoms with E-state index in [4.69, 9.17) is 0 Å². The maximum atomic E-state index is 14.2. The number of rotatable bonds is 5. The van der Waals surface area contributed by atoms with Gasteiger partial charge in [-0.1, -0.05) is 18.2 Å². The highest BCUT2D eigenvalue weighted by Gasteiger charge is 2.34. The van der Waals surface area contributed by atoms with Gasteiger partial charge in [0.25, 0.3) is 0 Å². The van der Waals surface area contributed by atoms with Gasteiger partial charge < -0.3 is 4.90 Å². The largest absolute Gasteiger partial charge is 0.307 e. The number of nitrogens with zero attached hydrogens (tertiary/aromatic N) is 4. The summed E-state index contributed by atoms with van der Waals surface area (Å²) < 4.78 is 56.8. The molecule has 32 heavy (non-hydrogen) atoms. The van der Waals surface area contributed by atoms with Crippen LogP contribution in [0.15, 0.2) is 53.4 Å². The van der Waals surface area contributed by atoms with Crippen molar-refractivity contribution in [3.8, 4) is 0 Å². The minimum atomic E-state index is -4.26. The van der Waals surface area contributed by atoms with Gasteiger partial charge in [-0.2, -0.15) is 9.40 Å². The summed E-state index contributed by atoms with van der Waals surface area (Å²) in [6.45, 7) is 1.67. The highest BCUT2D eigenvalue weighted by Crippen LogP contribution is 2.29. The first-order chi connectivity index (χ1) is 15.2. The Labute approximate surface area is 184 Å². The van der Waals surface area contributed by atoms with Crippen molar-refractivity contribution in [1.82, 2.24) is 14.1 Å². The van der Waals surface area contributed by atoms with Crippen molar-refractivity contribution >= 4 is 21.6 Å². The van der Waals surface area contributed by atoms with E-state index >= 15 is 0 Å². The van der Waals surface area contributed by atoms with Crippen molar-refractivity contribution in [1.29, 1.82) is 0 Å². The van der Waals surface area contributed by atoms with Crippen LogP contribution in [0.2, 0.25) is 0 Å². The van der Waals surface area contributed by atoms with E-state index in [9.17, 15) is 22.0 Å². The lowest BCUT2D eigenvalue weighted by molar-refractivity contribution is -0.116. The normalized spacial score (nSPS) is 14.2. The number of benzene rings is 2. The van der Waals surface area contributed by atoms with Crippen molar-refractivity contribution < 1.29 is 22.0 Å². The van der Waals surface area contributed by atoms with Crippen molar-refractivity contribution in [3.05, 3.63) is 77.1 Å². The molecule has 1 aliphatic rings. The van der Waals surface area contributed by atoms with Gasteiger partial charge in [-0.3, -0.25) is 9.48 Å². The molecule has 10 heteroatoms. The van der Waals surface area contributed by atoms with Gasteiger partial charge in [0.1, 0.15) is 16.5 Å². The molecule has 0 spiro atoms. The lowest BCUT2D eigenvalue weighted by Gasteiger charge is -2.28. The minimum Gasteiger partial charge on any atom is -0.307 e. The summed E-state index contributed by atoms with van der Waals surface area (Å²) in [6, 6.07) is 11.5. The number of para-hydroxylation sites is 1. The second-order valence-electron chi connectivity index (χ2n) is 7.60. The summed E-state index contributed by atoms with van der Waals surface area (Å²) in [6.07, 6.45) is 0.362. The monoisotopic (exact) mass is 460 g/mol. The van der Waals surface area contributed by atoms with Crippen molar-refractivity contribution in [2.45, 2.75) is 31.3 Å². The molecular formula is C22H22F2N4O3S. The topological polar surface area (TPSA) is 75.5 Å². The number of aryl methyl sites for hydroxylation is 1. The number of sulfonamides is 1. The fraction of sp³-hybridized carbons (Fsp3) is 0.273. The Bertz CT molecular complexity index is 1280. The third kappa shape index (κ3) is 4.03. The molecule has 0 radical (unpaired) electrons. The number of aromatic nitrogens is 2. The second kappa shape index (κ2) is 8.44. The quantitative estimate of drug-likeness (QED) is 0.587. The second-order valence-corrected chi connectivity index (χ2v) is 9.51. The van der Waals surface area contributed by atoms with Gasteiger partial charge in [-0.25, -0.2) is 17.2 Å². The first kappa shape index (κ1) is 22.1. The van der Waals surface area contributed by atoms with Crippen molar-refractivity contribution in [3.63, 3.8) is 0 Å². The van der Waals surface area contributed by atoms with Crippen LogP contribution in [0, 0.1) is 11.6 Å². The molecule has 1 aliphatic heterocycles. The number of carbonyl (C=O) groups excluding carboxylic acids is 1. The number of carbonyl (C=O) groups is 1. The van der Waals surface area contributed by atoms with Crippen LogP contribution in [0.3, 0.4) is 0 Å². The molecule has 7 nitrogen and oxygen atoms in total. The zero-order valence-electron chi connectivity index (χ0n) is 17.6. The molecule has 0 unspecified atom stereocenters. The summed E-state index contributed by atoms with van der Waals surface area (Å²) in [4.78, 5) is 13.2. The number of hydrogen-bond donors (Lipinski definition) is 0. The van der Waals surface area contributed by atoms with E-state index in [1.165, 1.54) is 6.92 Å². The molecule has 0 bridgehead atoms. The van der Waals surface area contributed by atoms with E-state index < -0.39 is 26.6 Å². The molecule has 0 N–H and O–H groups in total. The molecule has 0 saturated carbocycles. The first-order valence-electron chi connectivity index (χ1n) is 10.0. The minimum absolute atomic E-state index is 0.0443. The smallest absolute Gasteiger partial charge is 0.246 e. The van der Waals surface area contributed by atoms with Crippen LogP contribution in [-0.4, -0.2) is 35.0 Å². The highest BCUT2D eigenvalue weighted by molar-refractivity contribution is 7.89. The Morgan fingerprint density at radius 2 is 1.88 bits per heavy atom. The van der Waals surface area contributed by atoms with Crippen LogP contribution in [0.1, 0.15) is 23.9 Å². The fourth-order valence-corrected chi connectivity index (χ4v) is 5.42. The third-order valence-electron chi connectivity index (χ3n) is 5.56. The van der Waals surface area contributed by atoms with Crippen LogP contribution >= 0.6 is 0 Å². The Morgan fingerprint density at radius 1 is 1.16 bits per heavy atom. The van der Waals surface area contributed by atoms with E-state index in [2.05, 4.69) is 5.10 Å². The van der Waals surface area contributed by atoms with Gasteiger partial charge in [0.05, 0.1) is 12.2 Å². The fourth-order valence-electron chi connectivity index (χ4n) is 3.93. The summed E-state index contributed by atoms with van der Waals surface area (Å²) in [5.41, 5.74) is 2.77. The van der Waals surface area contributed by atoms with Gasteiger partial charge in [0.15, 0.2) is 0 Å². The maximum Gasteiger partial charge on any atom is 0.246 e.